The Kier molecular flexibility index (Phi) is 5.89. The van der Waals surface area contributed by atoms with Crippen molar-refractivity contribution in [1.29, 1.82) is 0 Å². The first-order chi connectivity index (χ1) is 15.2. The first kappa shape index (κ1) is 20.1. The van der Waals surface area contributed by atoms with Gasteiger partial charge in [0, 0.05) is 5.69 Å². The van der Waals surface area contributed by atoms with E-state index in [1.165, 1.54) is 10.9 Å². The zero-order valence-electron chi connectivity index (χ0n) is 16.8. The molecule has 1 heterocycles. The zero-order chi connectivity index (χ0) is 21.6. The number of hydrogen-bond donors (Lipinski definition) is 1. The van der Waals surface area contributed by atoms with Crippen LogP contribution in [-0.4, -0.2) is 34.3 Å². The fourth-order valence-corrected chi connectivity index (χ4v) is 3.21. The Morgan fingerprint density at radius 3 is 2.68 bits per heavy atom. The number of aldehydes is 1. The number of aromatic nitrogens is 3. The molecule has 0 spiro atoms. The van der Waals surface area contributed by atoms with Crippen LogP contribution in [0, 0.1) is 0 Å². The van der Waals surface area contributed by atoms with Crippen molar-refractivity contribution in [3.8, 4) is 11.5 Å². The summed E-state index contributed by atoms with van der Waals surface area (Å²) in [6, 6.07) is 18.3. The van der Waals surface area contributed by atoms with Crippen LogP contribution in [0.15, 0.2) is 66.9 Å². The summed E-state index contributed by atoms with van der Waals surface area (Å²) in [5, 5.41) is 12.4. The van der Waals surface area contributed by atoms with Crippen molar-refractivity contribution in [2.75, 3.05) is 12.4 Å². The largest absolute Gasteiger partial charge is 0.497 e. The van der Waals surface area contributed by atoms with Gasteiger partial charge in [0.05, 0.1) is 24.6 Å². The highest BCUT2D eigenvalue weighted by Gasteiger charge is 2.13. The van der Waals surface area contributed by atoms with Crippen LogP contribution in [0.25, 0.3) is 10.8 Å². The van der Waals surface area contributed by atoms with Gasteiger partial charge in [-0.05, 0) is 41.1 Å². The number of ether oxygens (including phenoxy) is 2. The molecule has 31 heavy (non-hydrogen) atoms. The molecule has 1 amide bonds. The number of nitrogens with one attached hydrogen (secondary N) is 1. The van der Waals surface area contributed by atoms with Crippen LogP contribution in [0.1, 0.15) is 16.1 Å². The van der Waals surface area contributed by atoms with Crippen molar-refractivity contribution in [3.63, 3.8) is 0 Å². The first-order valence-corrected chi connectivity index (χ1v) is 9.59. The number of hydrogen-bond acceptors (Lipinski definition) is 6. The van der Waals surface area contributed by atoms with Crippen molar-refractivity contribution < 1.29 is 19.1 Å². The van der Waals surface area contributed by atoms with Gasteiger partial charge in [0.25, 0.3) is 0 Å². The lowest BCUT2D eigenvalue weighted by atomic mass is 10.0. The molecule has 1 N–H and O–H groups in total. The predicted octanol–water partition coefficient (Wildman–Crippen LogP) is 3.47. The molecule has 0 bridgehead atoms. The lowest BCUT2D eigenvalue weighted by molar-refractivity contribution is -0.117. The summed E-state index contributed by atoms with van der Waals surface area (Å²) in [6.07, 6.45) is 2.32. The second kappa shape index (κ2) is 9.08. The van der Waals surface area contributed by atoms with E-state index in [0.29, 0.717) is 28.4 Å². The summed E-state index contributed by atoms with van der Waals surface area (Å²) in [5.41, 5.74) is 1.74. The van der Waals surface area contributed by atoms with Crippen LogP contribution in [0.4, 0.5) is 5.69 Å². The average molecular weight is 416 g/mol. The van der Waals surface area contributed by atoms with E-state index in [0.717, 1.165) is 17.1 Å². The minimum absolute atomic E-state index is 0.0248. The monoisotopic (exact) mass is 416 g/mol. The van der Waals surface area contributed by atoms with Crippen LogP contribution in [-0.2, 0) is 17.9 Å². The molecule has 8 nitrogen and oxygen atoms in total. The molecule has 1 aromatic heterocycles. The highest BCUT2D eigenvalue weighted by atomic mass is 16.5. The summed E-state index contributed by atoms with van der Waals surface area (Å²) >= 11 is 0. The zero-order valence-corrected chi connectivity index (χ0v) is 16.8. The highest BCUT2D eigenvalue weighted by Crippen LogP contribution is 2.27. The van der Waals surface area contributed by atoms with E-state index in [-0.39, 0.29) is 19.1 Å². The number of carbonyl (C=O) groups is 2. The van der Waals surface area contributed by atoms with Crippen LogP contribution in [0.5, 0.6) is 11.5 Å². The third kappa shape index (κ3) is 4.53. The smallest absolute Gasteiger partial charge is 0.246 e. The molecule has 4 rings (SSSR count). The van der Waals surface area contributed by atoms with Gasteiger partial charge in [-0.3, -0.25) is 9.59 Å². The Hall–Kier alpha value is -4.20. The number of benzene rings is 3. The fraction of sp³-hybridized carbons (Fsp3) is 0.130. The number of fused-ring (bicyclic) bond motifs is 1. The maximum absolute atomic E-state index is 12.4. The highest BCUT2D eigenvalue weighted by molar-refractivity contribution is 6.00. The van der Waals surface area contributed by atoms with Crippen LogP contribution in [0.3, 0.4) is 0 Å². The molecule has 8 heteroatoms. The van der Waals surface area contributed by atoms with E-state index in [1.807, 2.05) is 30.3 Å². The maximum Gasteiger partial charge on any atom is 0.246 e. The van der Waals surface area contributed by atoms with Gasteiger partial charge >= 0.3 is 0 Å². The fourth-order valence-electron chi connectivity index (χ4n) is 3.21. The number of anilines is 1. The standard InChI is InChI=1S/C23H20N4O4/c1-30-19-9-7-17(8-10-19)25-23(29)13-27-18(12-24-26-27)15-31-22-11-6-16-4-2-3-5-20(16)21(22)14-28/h2-12,14H,13,15H2,1H3,(H,25,29). The Bertz CT molecular complexity index is 1220. The minimum atomic E-state index is -0.254. The van der Waals surface area contributed by atoms with Crippen molar-refractivity contribution in [2.24, 2.45) is 0 Å². The van der Waals surface area contributed by atoms with Crippen molar-refractivity contribution in [1.82, 2.24) is 15.0 Å². The predicted molar refractivity (Wildman–Crippen MR) is 115 cm³/mol. The number of nitrogens with zero attached hydrogens (tertiary/aromatic N) is 3. The van der Waals surface area contributed by atoms with E-state index in [9.17, 15) is 9.59 Å². The molecule has 0 aliphatic carbocycles. The van der Waals surface area contributed by atoms with Gasteiger partial charge in [-0.2, -0.15) is 0 Å². The van der Waals surface area contributed by atoms with E-state index in [2.05, 4.69) is 15.6 Å². The molecule has 4 aromatic rings. The Morgan fingerprint density at radius 1 is 1.10 bits per heavy atom. The molecular weight excluding hydrogens is 396 g/mol. The summed E-state index contributed by atoms with van der Waals surface area (Å²) in [6.45, 7) is 0.0883. The van der Waals surface area contributed by atoms with Gasteiger partial charge in [-0.25, -0.2) is 4.68 Å². The Balaban J connectivity index is 1.43. The van der Waals surface area contributed by atoms with Crippen LogP contribution < -0.4 is 14.8 Å². The summed E-state index contributed by atoms with van der Waals surface area (Å²) < 4.78 is 12.4. The summed E-state index contributed by atoms with van der Waals surface area (Å²) in [7, 11) is 1.58. The van der Waals surface area contributed by atoms with E-state index in [1.54, 1.807) is 37.4 Å². The molecule has 0 atom stereocenters. The van der Waals surface area contributed by atoms with Crippen LogP contribution >= 0.6 is 0 Å². The lowest BCUT2D eigenvalue weighted by Gasteiger charge is -2.12. The minimum Gasteiger partial charge on any atom is -0.497 e. The van der Waals surface area contributed by atoms with Gasteiger partial charge in [0.2, 0.25) is 5.91 Å². The van der Waals surface area contributed by atoms with Gasteiger partial charge in [-0.1, -0.05) is 35.5 Å². The molecule has 0 aliphatic heterocycles. The normalized spacial score (nSPS) is 10.6. The second-order valence-corrected chi connectivity index (χ2v) is 6.76. The van der Waals surface area contributed by atoms with Crippen molar-refractivity contribution in [3.05, 3.63) is 78.1 Å². The lowest BCUT2D eigenvalue weighted by Crippen LogP contribution is -2.21. The number of methoxy groups -OCH3 is 1. The Morgan fingerprint density at radius 2 is 1.90 bits per heavy atom. The third-order valence-corrected chi connectivity index (χ3v) is 4.79. The van der Waals surface area contributed by atoms with Gasteiger partial charge < -0.3 is 14.8 Å². The number of amides is 1. The van der Waals surface area contributed by atoms with E-state index >= 15 is 0 Å². The molecular formula is C23H20N4O4. The van der Waals surface area contributed by atoms with Gasteiger partial charge in [-0.15, -0.1) is 5.10 Å². The second-order valence-electron chi connectivity index (χ2n) is 6.76. The number of rotatable bonds is 8. The summed E-state index contributed by atoms with van der Waals surface area (Å²) in [5.74, 6) is 0.914. The molecule has 3 aromatic carbocycles. The van der Waals surface area contributed by atoms with Gasteiger partial charge in [0.1, 0.15) is 24.7 Å². The third-order valence-electron chi connectivity index (χ3n) is 4.79. The van der Waals surface area contributed by atoms with E-state index < -0.39 is 0 Å². The van der Waals surface area contributed by atoms with E-state index in [4.69, 9.17) is 9.47 Å². The molecule has 0 fully saturated rings. The topological polar surface area (TPSA) is 95.3 Å². The molecule has 0 saturated heterocycles. The molecule has 0 saturated carbocycles. The number of carbonyl (C=O) groups excluding carboxylic acids is 2. The maximum atomic E-state index is 12.4. The summed E-state index contributed by atoms with van der Waals surface area (Å²) in [4.78, 5) is 24.0. The first-order valence-electron chi connectivity index (χ1n) is 9.59. The Labute approximate surface area is 178 Å². The van der Waals surface area contributed by atoms with Crippen LogP contribution in [0.2, 0.25) is 0 Å². The quantitative estimate of drug-likeness (QED) is 0.442. The molecule has 156 valence electrons. The van der Waals surface area contributed by atoms with Crippen molar-refractivity contribution in [2.45, 2.75) is 13.2 Å². The molecule has 0 radical (unpaired) electrons. The molecule has 0 unspecified atom stereocenters. The SMILES string of the molecule is COc1ccc(NC(=O)Cn2nncc2COc2ccc3ccccc3c2C=O)cc1. The van der Waals surface area contributed by atoms with Gasteiger partial charge in [0.15, 0.2) is 6.29 Å². The molecule has 0 aliphatic rings. The van der Waals surface area contributed by atoms with Crippen molar-refractivity contribution >= 4 is 28.7 Å². The average Bonchev–Trinajstić information content (AvgIpc) is 3.24.